The van der Waals surface area contributed by atoms with Crippen LogP contribution in [-0.2, 0) is 9.47 Å². The lowest BCUT2D eigenvalue weighted by molar-refractivity contribution is 0.0929. The summed E-state index contributed by atoms with van der Waals surface area (Å²) in [4.78, 5) is 13.4. The molecule has 0 saturated carbocycles. The van der Waals surface area contributed by atoms with Crippen molar-refractivity contribution in [2.45, 2.75) is 18.5 Å². The van der Waals surface area contributed by atoms with E-state index in [1.165, 1.54) is 0 Å². The molecule has 3 rings (SSSR count). The maximum Gasteiger partial charge on any atom is 0.227 e. The van der Waals surface area contributed by atoms with Crippen LogP contribution in [0.1, 0.15) is 6.92 Å². The molecule has 0 bridgehead atoms. The number of halogens is 1. The van der Waals surface area contributed by atoms with Crippen molar-refractivity contribution in [1.82, 2.24) is 9.97 Å². The van der Waals surface area contributed by atoms with Gasteiger partial charge in [-0.2, -0.15) is 4.98 Å². The van der Waals surface area contributed by atoms with E-state index in [0.29, 0.717) is 19.2 Å². The van der Waals surface area contributed by atoms with Crippen molar-refractivity contribution in [1.29, 1.82) is 0 Å². The second-order valence-electron chi connectivity index (χ2n) is 5.06. The molecular formula is C13H19ClN4O2. The normalized spacial score (nSPS) is 27.7. The minimum absolute atomic E-state index is 0.274. The predicted octanol–water partition coefficient (Wildman–Crippen LogP) is 1.10. The van der Waals surface area contributed by atoms with Crippen LogP contribution in [0.4, 0.5) is 11.8 Å². The van der Waals surface area contributed by atoms with E-state index < -0.39 is 0 Å². The number of rotatable bonds is 2. The van der Waals surface area contributed by atoms with Crippen LogP contribution in [0.2, 0.25) is 0 Å². The molecule has 3 heterocycles. The van der Waals surface area contributed by atoms with Gasteiger partial charge in [-0.1, -0.05) is 11.6 Å². The number of alkyl halides is 1. The van der Waals surface area contributed by atoms with E-state index in [2.05, 4.69) is 26.7 Å². The van der Waals surface area contributed by atoms with E-state index in [0.717, 1.165) is 38.1 Å². The first kappa shape index (κ1) is 13.9. The van der Waals surface area contributed by atoms with E-state index in [-0.39, 0.29) is 5.56 Å². The minimum Gasteiger partial charge on any atom is -0.377 e. The molecule has 2 unspecified atom stereocenters. The summed E-state index contributed by atoms with van der Waals surface area (Å²) in [5.41, 5.74) is -0.274. The maximum atomic E-state index is 6.04. The molecule has 2 fully saturated rings. The Hall–Kier alpha value is -1.11. The van der Waals surface area contributed by atoms with Crippen LogP contribution >= 0.6 is 11.6 Å². The van der Waals surface area contributed by atoms with Crippen LogP contribution < -0.4 is 9.80 Å². The number of hydrogen-bond donors (Lipinski definition) is 0. The fourth-order valence-corrected chi connectivity index (χ4v) is 2.75. The van der Waals surface area contributed by atoms with Crippen LogP contribution in [0.3, 0.4) is 0 Å². The van der Waals surface area contributed by atoms with Gasteiger partial charge in [0, 0.05) is 19.3 Å². The van der Waals surface area contributed by atoms with Gasteiger partial charge in [0.15, 0.2) is 0 Å². The standard InChI is InChI=1S/C13H19ClN4O2/c1-10-9-19-6-5-18(10)13-15-3-2-12(16-13)17-4-7-20-11(14)8-17/h2-3,10-11H,4-9H2,1H3. The van der Waals surface area contributed by atoms with E-state index in [1.54, 1.807) is 6.20 Å². The molecule has 2 aliphatic heterocycles. The van der Waals surface area contributed by atoms with Gasteiger partial charge in [-0.15, -0.1) is 0 Å². The van der Waals surface area contributed by atoms with Gasteiger partial charge in [0.05, 0.1) is 32.4 Å². The molecule has 2 atom stereocenters. The van der Waals surface area contributed by atoms with Gasteiger partial charge in [0.1, 0.15) is 11.4 Å². The molecule has 2 aliphatic rings. The Balaban J connectivity index is 1.78. The highest BCUT2D eigenvalue weighted by atomic mass is 35.5. The minimum atomic E-state index is -0.274. The third kappa shape index (κ3) is 2.97. The fourth-order valence-electron chi connectivity index (χ4n) is 2.49. The van der Waals surface area contributed by atoms with Crippen molar-refractivity contribution in [2.24, 2.45) is 0 Å². The van der Waals surface area contributed by atoms with Crippen molar-refractivity contribution >= 4 is 23.4 Å². The summed E-state index contributed by atoms with van der Waals surface area (Å²) in [6, 6.07) is 2.22. The lowest BCUT2D eigenvalue weighted by Gasteiger charge is -2.35. The molecule has 0 aliphatic carbocycles. The number of nitrogens with zero attached hydrogens (tertiary/aromatic N) is 4. The topological polar surface area (TPSA) is 50.7 Å². The van der Waals surface area contributed by atoms with Gasteiger partial charge in [0.2, 0.25) is 5.95 Å². The summed E-state index contributed by atoms with van der Waals surface area (Å²) in [6.45, 7) is 6.47. The molecule has 0 spiro atoms. The quantitative estimate of drug-likeness (QED) is 0.762. The molecule has 0 N–H and O–H groups in total. The number of ether oxygens (including phenoxy) is 2. The summed E-state index contributed by atoms with van der Waals surface area (Å²) in [7, 11) is 0. The summed E-state index contributed by atoms with van der Waals surface area (Å²) >= 11 is 6.04. The Labute approximate surface area is 123 Å². The number of anilines is 2. The average Bonchev–Trinajstić information content (AvgIpc) is 2.48. The summed E-state index contributed by atoms with van der Waals surface area (Å²) in [5.74, 6) is 1.67. The van der Waals surface area contributed by atoms with Crippen LogP contribution in [0.25, 0.3) is 0 Å². The first-order valence-electron chi connectivity index (χ1n) is 6.92. The second kappa shape index (κ2) is 6.11. The monoisotopic (exact) mass is 298 g/mol. The highest BCUT2D eigenvalue weighted by Gasteiger charge is 2.24. The number of morpholine rings is 2. The highest BCUT2D eigenvalue weighted by Crippen LogP contribution is 2.21. The average molecular weight is 299 g/mol. The maximum absolute atomic E-state index is 6.04. The van der Waals surface area contributed by atoms with Crippen LogP contribution in [0.15, 0.2) is 12.3 Å². The number of aromatic nitrogens is 2. The smallest absolute Gasteiger partial charge is 0.227 e. The van der Waals surface area contributed by atoms with Crippen LogP contribution in [0.5, 0.6) is 0 Å². The predicted molar refractivity (Wildman–Crippen MR) is 77.5 cm³/mol. The van der Waals surface area contributed by atoms with E-state index in [4.69, 9.17) is 21.1 Å². The van der Waals surface area contributed by atoms with Crippen molar-refractivity contribution in [3.8, 4) is 0 Å². The highest BCUT2D eigenvalue weighted by molar-refractivity contribution is 6.20. The van der Waals surface area contributed by atoms with Gasteiger partial charge in [-0.3, -0.25) is 0 Å². The Bertz CT molecular complexity index is 462. The van der Waals surface area contributed by atoms with E-state index in [1.807, 2.05) is 6.07 Å². The van der Waals surface area contributed by atoms with Gasteiger partial charge in [-0.05, 0) is 13.0 Å². The third-order valence-electron chi connectivity index (χ3n) is 3.60. The summed E-state index contributed by atoms with van der Waals surface area (Å²) in [6.07, 6.45) is 1.80. The molecule has 20 heavy (non-hydrogen) atoms. The molecule has 1 aromatic rings. The van der Waals surface area contributed by atoms with Crippen molar-refractivity contribution in [3.63, 3.8) is 0 Å². The molecule has 6 nitrogen and oxygen atoms in total. The third-order valence-corrected chi connectivity index (χ3v) is 3.86. The first-order chi connectivity index (χ1) is 9.74. The van der Waals surface area contributed by atoms with E-state index in [9.17, 15) is 0 Å². The Kier molecular flexibility index (Phi) is 4.24. The van der Waals surface area contributed by atoms with Gasteiger partial charge in [0.25, 0.3) is 0 Å². The van der Waals surface area contributed by atoms with Crippen molar-refractivity contribution in [3.05, 3.63) is 12.3 Å². The summed E-state index contributed by atoms with van der Waals surface area (Å²) in [5, 5.41) is 0. The molecule has 0 radical (unpaired) electrons. The first-order valence-corrected chi connectivity index (χ1v) is 7.36. The molecule has 7 heteroatoms. The Morgan fingerprint density at radius 2 is 2.25 bits per heavy atom. The van der Waals surface area contributed by atoms with Gasteiger partial charge < -0.3 is 19.3 Å². The molecule has 0 amide bonds. The van der Waals surface area contributed by atoms with Crippen LogP contribution in [0, 0.1) is 0 Å². The zero-order chi connectivity index (χ0) is 13.9. The van der Waals surface area contributed by atoms with Gasteiger partial charge >= 0.3 is 0 Å². The van der Waals surface area contributed by atoms with Crippen molar-refractivity contribution < 1.29 is 9.47 Å². The zero-order valence-corrected chi connectivity index (χ0v) is 12.3. The molecular weight excluding hydrogens is 280 g/mol. The Morgan fingerprint density at radius 1 is 1.35 bits per heavy atom. The fraction of sp³-hybridized carbons (Fsp3) is 0.692. The van der Waals surface area contributed by atoms with Crippen molar-refractivity contribution in [2.75, 3.05) is 49.3 Å². The zero-order valence-electron chi connectivity index (χ0n) is 11.5. The molecule has 2 saturated heterocycles. The lowest BCUT2D eigenvalue weighted by Crippen LogP contribution is -2.45. The molecule has 110 valence electrons. The van der Waals surface area contributed by atoms with Gasteiger partial charge in [-0.25, -0.2) is 4.98 Å². The summed E-state index contributed by atoms with van der Waals surface area (Å²) < 4.78 is 10.8. The lowest BCUT2D eigenvalue weighted by atomic mass is 10.3. The van der Waals surface area contributed by atoms with E-state index >= 15 is 0 Å². The largest absolute Gasteiger partial charge is 0.377 e. The Morgan fingerprint density at radius 3 is 3.05 bits per heavy atom. The van der Waals surface area contributed by atoms with Crippen LogP contribution in [-0.4, -0.2) is 61.0 Å². The number of hydrogen-bond acceptors (Lipinski definition) is 6. The molecule has 0 aromatic carbocycles. The second-order valence-corrected chi connectivity index (χ2v) is 5.55. The SMILES string of the molecule is CC1COCCN1c1nccc(N2CCOC(Cl)C2)n1. The molecule has 1 aromatic heterocycles.